The number of nitrogens with zero attached hydrogens (tertiary/aromatic N) is 1. The van der Waals surface area contributed by atoms with Gasteiger partial charge in [0.1, 0.15) is 0 Å². The molecule has 110 valence electrons. The van der Waals surface area contributed by atoms with Crippen molar-refractivity contribution in [1.82, 2.24) is 15.5 Å². The van der Waals surface area contributed by atoms with Crippen LogP contribution in [0.25, 0.3) is 0 Å². The first-order valence-electron chi connectivity index (χ1n) is 6.91. The lowest BCUT2D eigenvalue weighted by Gasteiger charge is -2.35. The Morgan fingerprint density at radius 2 is 2.16 bits per heavy atom. The molecule has 19 heavy (non-hydrogen) atoms. The number of rotatable bonds is 5. The Morgan fingerprint density at radius 1 is 1.47 bits per heavy atom. The van der Waals surface area contributed by atoms with E-state index < -0.39 is 11.9 Å². The molecule has 0 saturated carbocycles. The molecule has 0 aromatic rings. The Bertz CT molecular complexity index is 322. The summed E-state index contributed by atoms with van der Waals surface area (Å²) in [6.07, 6.45) is 2.38. The first-order valence-corrected chi connectivity index (χ1v) is 6.91. The standard InChI is InChI=1S/C13H25N3O3/c1-4-10(12(17)18)8-14-13(19)15-11-5-6-16(3)9(2)7-11/h9-11H,4-8H2,1-3H3,(H,17,18)(H2,14,15,19). The van der Waals surface area contributed by atoms with Crippen LogP contribution in [0.4, 0.5) is 4.79 Å². The molecule has 1 rings (SSSR count). The number of nitrogens with one attached hydrogen (secondary N) is 2. The number of hydrogen-bond acceptors (Lipinski definition) is 3. The highest BCUT2D eigenvalue weighted by molar-refractivity contribution is 5.76. The minimum absolute atomic E-state index is 0.177. The van der Waals surface area contributed by atoms with Crippen molar-refractivity contribution in [3.8, 4) is 0 Å². The molecule has 3 atom stereocenters. The molecule has 0 radical (unpaired) electrons. The topological polar surface area (TPSA) is 81.7 Å². The molecule has 0 aliphatic carbocycles. The number of carbonyl (C=O) groups is 2. The number of carboxylic acids is 1. The third-order valence-corrected chi connectivity index (χ3v) is 3.89. The monoisotopic (exact) mass is 271 g/mol. The van der Waals surface area contributed by atoms with Crippen LogP contribution in [0, 0.1) is 5.92 Å². The highest BCUT2D eigenvalue weighted by atomic mass is 16.4. The molecule has 0 bridgehead atoms. The molecule has 0 aromatic carbocycles. The maximum absolute atomic E-state index is 11.7. The van der Waals surface area contributed by atoms with Gasteiger partial charge in [0.25, 0.3) is 0 Å². The second-order valence-corrected chi connectivity index (χ2v) is 5.35. The highest BCUT2D eigenvalue weighted by Crippen LogP contribution is 2.15. The highest BCUT2D eigenvalue weighted by Gasteiger charge is 2.24. The van der Waals surface area contributed by atoms with Crippen LogP contribution in [0.1, 0.15) is 33.1 Å². The molecule has 1 saturated heterocycles. The smallest absolute Gasteiger partial charge is 0.315 e. The van der Waals surface area contributed by atoms with Gasteiger partial charge in [0.15, 0.2) is 0 Å². The maximum Gasteiger partial charge on any atom is 0.315 e. The van der Waals surface area contributed by atoms with Gasteiger partial charge in [-0.2, -0.15) is 0 Å². The van der Waals surface area contributed by atoms with Crippen LogP contribution >= 0.6 is 0 Å². The van der Waals surface area contributed by atoms with Crippen molar-refractivity contribution >= 4 is 12.0 Å². The van der Waals surface area contributed by atoms with Gasteiger partial charge in [0.05, 0.1) is 5.92 Å². The summed E-state index contributed by atoms with van der Waals surface area (Å²) in [4.78, 5) is 24.8. The quantitative estimate of drug-likeness (QED) is 0.693. The SMILES string of the molecule is CCC(CNC(=O)NC1CCN(C)C(C)C1)C(=O)O. The van der Waals surface area contributed by atoms with Gasteiger partial charge < -0.3 is 20.6 Å². The molecule has 2 amide bonds. The molecule has 6 nitrogen and oxygen atoms in total. The zero-order valence-electron chi connectivity index (χ0n) is 12.0. The zero-order chi connectivity index (χ0) is 14.4. The van der Waals surface area contributed by atoms with Gasteiger partial charge in [-0.3, -0.25) is 4.79 Å². The number of carbonyl (C=O) groups excluding carboxylic acids is 1. The Labute approximate surface area is 114 Å². The Hall–Kier alpha value is -1.30. The minimum atomic E-state index is -0.865. The number of piperidine rings is 1. The van der Waals surface area contributed by atoms with E-state index in [2.05, 4.69) is 29.5 Å². The third kappa shape index (κ3) is 5.06. The summed E-state index contributed by atoms with van der Waals surface area (Å²) in [5.74, 6) is -1.38. The number of hydrogen-bond donors (Lipinski definition) is 3. The lowest BCUT2D eigenvalue weighted by Crippen LogP contribution is -2.50. The van der Waals surface area contributed by atoms with Crippen molar-refractivity contribution in [2.45, 2.75) is 45.2 Å². The van der Waals surface area contributed by atoms with Crippen molar-refractivity contribution in [1.29, 1.82) is 0 Å². The molecular weight excluding hydrogens is 246 g/mol. The summed E-state index contributed by atoms with van der Waals surface area (Å²) in [5.41, 5.74) is 0. The Kier molecular flexibility index (Phi) is 6.08. The fourth-order valence-electron chi connectivity index (χ4n) is 2.28. The number of carboxylic acid groups (broad SMARTS) is 1. The molecule has 0 spiro atoms. The Balaban J connectivity index is 2.29. The summed E-state index contributed by atoms with van der Waals surface area (Å²) in [5, 5.41) is 14.5. The van der Waals surface area contributed by atoms with E-state index in [4.69, 9.17) is 5.11 Å². The summed E-state index contributed by atoms with van der Waals surface area (Å²) in [6, 6.07) is 0.374. The van der Waals surface area contributed by atoms with Gasteiger partial charge in [-0.05, 0) is 33.2 Å². The van der Waals surface area contributed by atoms with Gasteiger partial charge in [0.2, 0.25) is 0 Å². The van der Waals surface area contributed by atoms with E-state index in [0.717, 1.165) is 19.4 Å². The average molecular weight is 271 g/mol. The van der Waals surface area contributed by atoms with Gasteiger partial charge in [-0.1, -0.05) is 6.92 Å². The molecule has 1 aliphatic rings. The van der Waals surface area contributed by atoms with Crippen molar-refractivity contribution in [3.63, 3.8) is 0 Å². The summed E-state index contributed by atoms with van der Waals surface area (Å²) in [6.45, 7) is 5.10. The van der Waals surface area contributed by atoms with E-state index in [9.17, 15) is 9.59 Å². The van der Waals surface area contributed by atoms with E-state index in [1.807, 2.05) is 0 Å². The van der Waals surface area contributed by atoms with Crippen molar-refractivity contribution < 1.29 is 14.7 Å². The number of urea groups is 1. The molecule has 1 heterocycles. The molecule has 6 heteroatoms. The maximum atomic E-state index is 11.7. The summed E-state index contributed by atoms with van der Waals surface area (Å²) < 4.78 is 0. The lowest BCUT2D eigenvalue weighted by molar-refractivity contribution is -0.141. The minimum Gasteiger partial charge on any atom is -0.481 e. The van der Waals surface area contributed by atoms with Crippen LogP contribution in [0.2, 0.25) is 0 Å². The molecular formula is C13H25N3O3. The van der Waals surface area contributed by atoms with Crippen molar-refractivity contribution in [2.24, 2.45) is 5.92 Å². The van der Waals surface area contributed by atoms with Crippen molar-refractivity contribution in [3.05, 3.63) is 0 Å². The van der Waals surface area contributed by atoms with Crippen LogP contribution in [0.5, 0.6) is 0 Å². The average Bonchev–Trinajstić information content (AvgIpc) is 2.34. The fourth-order valence-corrected chi connectivity index (χ4v) is 2.28. The number of aliphatic carboxylic acids is 1. The molecule has 0 aromatic heterocycles. The van der Waals surface area contributed by atoms with Crippen LogP contribution in [-0.2, 0) is 4.79 Å². The third-order valence-electron chi connectivity index (χ3n) is 3.89. The van der Waals surface area contributed by atoms with Crippen LogP contribution in [0.15, 0.2) is 0 Å². The van der Waals surface area contributed by atoms with Gasteiger partial charge in [0, 0.05) is 25.2 Å². The second kappa shape index (κ2) is 7.33. The largest absolute Gasteiger partial charge is 0.481 e. The zero-order valence-corrected chi connectivity index (χ0v) is 12.0. The fraction of sp³-hybridized carbons (Fsp3) is 0.846. The van der Waals surface area contributed by atoms with Gasteiger partial charge in [-0.15, -0.1) is 0 Å². The normalized spacial score (nSPS) is 25.6. The predicted molar refractivity (Wildman–Crippen MR) is 73.1 cm³/mol. The van der Waals surface area contributed by atoms with Crippen LogP contribution in [-0.4, -0.2) is 54.2 Å². The van der Waals surface area contributed by atoms with Crippen LogP contribution in [0.3, 0.4) is 0 Å². The van der Waals surface area contributed by atoms with Crippen LogP contribution < -0.4 is 10.6 Å². The van der Waals surface area contributed by atoms with Crippen molar-refractivity contribution in [2.75, 3.05) is 20.1 Å². The molecule has 1 aliphatic heterocycles. The molecule has 3 N–H and O–H groups in total. The van der Waals surface area contributed by atoms with E-state index in [1.54, 1.807) is 6.92 Å². The first kappa shape index (κ1) is 15.8. The first-order chi connectivity index (χ1) is 8.93. The van der Waals surface area contributed by atoms with Gasteiger partial charge in [-0.25, -0.2) is 4.79 Å². The summed E-state index contributed by atoms with van der Waals surface area (Å²) in [7, 11) is 2.08. The van der Waals surface area contributed by atoms with E-state index in [-0.39, 0.29) is 18.6 Å². The van der Waals surface area contributed by atoms with Gasteiger partial charge >= 0.3 is 12.0 Å². The molecule has 3 unspecified atom stereocenters. The number of likely N-dealkylation sites (tertiary alicyclic amines) is 1. The molecule has 1 fully saturated rings. The van der Waals surface area contributed by atoms with E-state index in [0.29, 0.717) is 12.5 Å². The predicted octanol–water partition coefficient (Wildman–Crippen LogP) is 0.879. The summed E-state index contributed by atoms with van der Waals surface area (Å²) >= 11 is 0. The Morgan fingerprint density at radius 3 is 2.68 bits per heavy atom. The van der Waals surface area contributed by atoms with E-state index >= 15 is 0 Å². The second-order valence-electron chi connectivity index (χ2n) is 5.35. The van der Waals surface area contributed by atoms with E-state index in [1.165, 1.54) is 0 Å². The number of amides is 2. The lowest BCUT2D eigenvalue weighted by atomic mass is 9.99.